The van der Waals surface area contributed by atoms with E-state index >= 15 is 0 Å². The summed E-state index contributed by atoms with van der Waals surface area (Å²) in [6, 6.07) is 0. The van der Waals surface area contributed by atoms with E-state index in [1.54, 1.807) is 0 Å². The van der Waals surface area contributed by atoms with Gasteiger partial charge in [0.05, 0.1) is 12.4 Å². The predicted octanol–water partition coefficient (Wildman–Crippen LogP) is 0.0441. The first kappa shape index (κ1) is 14.8. The molecule has 0 amide bonds. The molecule has 1 aliphatic heterocycles. The number of nitrogens with zero attached hydrogens (tertiary/aromatic N) is 4. The number of thioether (sulfide) groups is 1. The summed E-state index contributed by atoms with van der Waals surface area (Å²) in [5.41, 5.74) is 6.47. The van der Waals surface area contributed by atoms with E-state index < -0.39 is 24.5 Å². The van der Waals surface area contributed by atoms with Gasteiger partial charge in [0.15, 0.2) is 17.7 Å². The average molecular weight is 332 g/mol. The number of nitrogen functional groups attached to an aromatic ring is 1. The number of hydrogen-bond donors (Lipinski definition) is 3. The molecule has 1 fully saturated rings. The van der Waals surface area contributed by atoms with Crippen molar-refractivity contribution < 1.29 is 14.9 Å². The molecule has 1 saturated heterocycles. The van der Waals surface area contributed by atoms with Crippen LogP contribution >= 0.6 is 23.4 Å². The van der Waals surface area contributed by atoms with Crippen molar-refractivity contribution in [3.8, 4) is 0 Å². The molecule has 0 spiro atoms. The zero-order chi connectivity index (χ0) is 15.1. The minimum absolute atomic E-state index is 0.0181. The van der Waals surface area contributed by atoms with Gasteiger partial charge in [-0.15, -0.1) is 0 Å². The number of rotatable bonds is 3. The molecule has 2 aromatic rings. The van der Waals surface area contributed by atoms with Crippen LogP contribution in [-0.2, 0) is 4.74 Å². The molecule has 21 heavy (non-hydrogen) atoms. The van der Waals surface area contributed by atoms with Crippen LogP contribution in [0.5, 0.6) is 0 Å². The Morgan fingerprint density at radius 3 is 2.90 bits per heavy atom. The van der Waals surface area contributed by atoms with Crippen LogP contribution < -0.4 is 5.73 Å². The van der Waals surface area contributed by atoms with Gasteiger partial charge in [-0.3, -0.25) is 4.57 Å². The molecule has 0 radical (unpaired) electrons. The maximum Gasteiger partial charge on any atom is 0.226 e. The zero-order valence-corrected chi connectivity index (χ0v) is 12.6. The zero-order valence-electron chi connectivity index (χ0n) is 11.0. The minimum atomic E-state index is -1.09. The minimum Gasteiger partial charge on any atom is -0.387 e. The van der Waals surface area contributed by atoms with Gasteiger partial charge in [-0.2, -0.15) is 21.7 Å². The summed E-state index contributed by atoms with van der Waals surface area (Å²) < 4.78 is 7.22. The van der Waals surface area contributed by atoms with Gasteiger partial charge < -0.3 is 20.7 Å². The van der Waals surface area contributed by atoms with Gasteiger partial charge in [0.1, 0.15) is 17.7 Å². The van der Waals surface area contributed by atoms with Crippen molar-refractivity contribution in [1.82, 2.24) is 19.5 Å². The van der Waals surface area contributed by atoms with Crippen LogP contribution in [0.4, 0.5) is 5.82 Å². The van der Waals surface area contributed by atoms with Gasteiger partial charge >= 0.3 is 0 Å². The fourth-order valence-corrected chi connectivity index (χ4v) is 3.13. The fourth-order valence-electron chi connectivity index (χ4n) is 2.36. The first-order valence-corrected chi connectivity index (χ1v) is 7.96. The molecule has 10 heteroatoms. The number of imidazole rings is 1. The molecule has 114 valence electrons. The van der Waals surface area contributed by atoms with Crippen molar-refractivity contribution in [3.05, 3.63) is 11.6 Å². The molecule has 1 aliphatic rings. The van der Waals surface area contributed by atoms with Crippen molar-refractivity contribution in [2.75, 3.05) is 17.7 Å². The lowest BCUT2D eigenvalue weighted by atomic mass is 10.1. The summed E-state index contributed by atoms with van der Waals surface area (Å²) in [5.74, 6) is 0.719. The van der Waals surface area contributed by atoms with Gasteiger partial charge in [0.2, 0.25) is 5.28 Å². The molecule has 2 aromatic heterocycles. The predicted molar refractivity (Wildman–Crippen MR) is 79.1 cm³/mol. The number of fused-ring (bicyclic) bond motifs is 1. The average Bonchev–Trinajstić information content (AvgIpc) is 2.96. The number of aliphatic hydroxyl groups is 2. The highest BCUT2D eigenvalue weighted by atomic mass is 35.5. The third-order valence-electron chi connectivity index (χ3n) is 3.36. The van der Waals surface area contributed by atoms with E-state index in [0.29, 0.717) is 16.9 Å². The van der Waals surface area contributed by atoms with Crippen LogP contribution in [0.15, 0.2) is 6.33 Å². The summed E-state index contributed by atoms with van der Waals surface area (Å²) >= 11 is 7.33. The highest BCUT2D eigenvalue weighted by Gasteiger charge is 2.44. The van der Waals surface area contributed by atoms with E-state index in [9.17, 15) is 10.2 Å². The Morgan fingerprint density at radius 2 is 2.19 bits per heavy atom. The van der Waals surface area contributed by atoms with Gasteiger partial charge in [0, 0.05) is 5.75 Å². The van der Waals surface area contributed by atoms with E-state index in [1.807, 2.05) is 6.26 Å². The van der Waals surface area contributed by atoms with Gasteiger partial charge in [-0.05, 0) is 17.9 Å². The van der Waals surface area contributed by atoms with Gasteiger partial charge in [-0.1, -0.05) is 0 Å². The topological polar surface area (TPSA) is 119 Å². The van der Waals surface area contributed by atoms with Crippen molar-refractivity contribution >= 4 is 40.3 Å². The number of halogens is 1. The number of aromatic nitrogens is 4. The van der Waals surface area contributed by atoms with Gasteiger partial charge in [-0.25, -0.2) is 4.98 Å². The van der Waals surface area contributed by atoms with Crippen LogP contribution in [0, 0.1) is 0 Å². The Labute approximate surface area is 129 Å². The van der Waals surface area contributed by atoms with Crippen LogP contribution in [-0.4, -0.2) is 60.1 Å². The van der Waals surface area contributed by atoms with Crippen LogP contribution in [0.2, 0.25) is 5.28 Å². The Kier molecular flexibility index (Phi) is 3.93. The summed E-state index contributed by atoms with van der Waals surface area (Å²) in [5, 5.41) is 20.2. The third-order valence-corrected chi connectivity index (χ3v) is 4.19. The fraction of sp³-hybridized carbons (Fsp3) is 0.545. The lowest BCUT2D eigenvalue weighted by molar-refractivity contribution is -0.0288. The van der Waals surface area contributed by atoms with E-state index in [0.717, 1.165) is 0 Å². The van der Waals surface area contributed by atoms with Crippen LogP contribution in [0.1, 0.15) is 6.23 Å². The monoisotopic (exact) mass is 331 g/mol. The number of aliphatic hydroxyl groups excluding tert-OH is 2. The molecule has 4 atom stereocenters. The number of ether oxygens (including phenoxy) is 1. The molecule has 3 heterocycles. The molecule has 8 nitrogen and oxygen atoms in total. The van der Waals surface area contributed by atoms with Crippen LogP contribution in [0.25, 0.3) is 11.2 Å². The largest absolute Gasteiger partial charge is 0.387 e. The highest BCUT2D eigenvalue weighted by molar-refractivity contribution is 7.98. The molecular weight excluding hydrogens is 318 g/mol. The quantitative estimate of drug-likeness (QED) is 0.675. The molecule has 0 aliphatic carbocycles. The van der Waals surface area contributed by atoms with Crippen molar-refractivity contribution in [1.29, 1.82) is 0 Å². The molecule has 4 N–H and O–H groups in total. The lowest BCUT2D eigenvalue weighted by Gasteiger charge is -2.16. The number of nitrogens with two attached hydrogens (primary N) is 1. The van der Waals surface area contributed by atoms with Crippen molar-refractivity contribution in [3.63, 3.8) is 0 Å². The summed E-state index contributed by atoms with van der Waals surface area (Å²) in [7, 11) is 0. The molecule has 0 bridgehead atoms. The molecule has 3 rings (SSSR count). The Hall–Kier alpha value is -1.13. The Bertz CT molecular complexity index is 669. The SMILES string of the molecule is CSC[C@H]1O[C@@H](n2cnc3c(N)nc(Cl)nc32)C(O)C1O. The smallest absolute Gasteiger partial charge is 0.226 e. The molecule has 0 saturated carbocycles. The number of hydrogen-bond acceptors (Lipinski definition) is 8. The first-order chi connectivity index (χ1) is 10.0. The second-order valence-corrected chi connectivity index (χ2v) is 5.95. The molecule has 2 unspecified atom stereocenters. The van der Waals surface area contributed by atoms with Crippen molar-refractivity contribution in [2.45, 2.75) is 24.5 Å². The number of anilines is 1. The maximum absolute atomic E-state index is 10.2. The third kappa shape index (κ3) is 2.44. The second-order valence-electron chi connectivity index (χ2n) is 4.70. The highest BCUT2D eigenvalue weighted by Crippen LogP contribution is 2.33. The van der Waals surface area contributed by atoms with E-state index in [4.69, 9.17) is 22.1 Å². The Balaban J connectivity index is 2.01. The van der Waals surface area contributed by atoms with Crippen molar-refractivity contribution in [2.24, 2.45) is 0 Å². The van der Waals surface area contributed by atoms with E-state index in [-0.39, 0.29) is 11.1 Å². The summed E-state index contributed by atoms with van der Waals surface area (Å²) in [6.07, 6.45) is 0.00760. The second kappa shape index (κ2) is 5.58. The Morgan fingerprint density at radius 1 is 1.43 bits per heavy atom. The standard InChI is InChI=1S/C11H14ClN5O3S/c1-21-2-4-6(18)7(19)10(20-4)17-3-14-5-8(13)15-11(12)16-9(5)17/h3-4,6-7,10,18-19H,2H2,1H3,(H2,13,15,16)/t4-,6?,7?,10-/m1/s1. The van der Waals surface area contributed by atoms with E-state index in [1.165, 1.54) is 22.7 Å². The summed E-state index contributed by atoms with van der Waals surface area (Å²) in [6.45, 7) is 0. The van der Waals surface area contributed by atoms with E-state index in [2.05, 4.69) is 15.0 Å². The maximum atomic E-state index is 10.2. The first-order valence-electron chi connectivity index (χ1n) is 6.19. The van der Waals surface area contributed by atoms with Crippen LogP contribution in [0.3, 0.4) is 0 Å². The van der Waals surface area contributed by atoms with Gasteiger partial charge in [0.25, 0.3) is 0 Å². The molecule has 0 aromatic carbocycles. The summed E-state index contributed by atoms with van der Waals surface area (Å²) in [4.78, 5) is 12.0. The normalized spacial score (nSPS) is 29.3. The lowest BCUT2D eigenvalue weighted by Crippen LogP contribution is -2.32. The molecular formula is C11H14ClN5O3S.